The van der Waals surface area contributed by atoms with Crippen molar-refractivity contribution in [3.63, 3.8) is 0 Å². The Bertz CT molecular complexity index is 1060. The molecular weight excluding hydrogens is 503 g/mol. The number of alkyl halides is 3. The van der Waals surface area contributed by atoms with Gasteiger partial charge in [0, 0.05) is 49.5 Å². The lowest BCUT2D eigenvalue weighted by Crippen LogP contribution is -2.22. The van der Waals surface area contributed by atoms with Crippen LogP contribution >= 0.6 is 15.9 Å². The van der Waals surface area contributed by atoms with E-state index < -0.39 is 11.7 Å². The molecule has 0 aliphatic rings. The quantitative estimate of drug-likeness (QED) is 0.374. The molecule has 0 aliphatic carbocycles. The number of benzene rings is 1. The SMILES string of the molecule is CCOCc1nnc(N(C)Cc2cc(OC)ccc2Br)n1CCc1ccc(C(F)(F)F)cn1. The maximum absolute atomic E-state index is 12.8. The predicted octanol–water partition coefficient (Wildman–Crippen LogP) is 4.88. The van der Waals surface area contributed by atoms with E-state index in [1.807, 2.05) is 41.6 Å². The topological polar surface area (TPSA) is 65.3 Å². The lowest BCUT2D eigenvalue weighted by molar-refractivity contribution is -0.137. The first-order valence-electron chi connectivity index (χ1n) is 10.3. The van der Waals surface area contributed by atoms with Gasteiger partial charge in [-0.1, -0.05) is 15.9 Å². The van der Waals surface area contributed by atoms with Gasteiger partial charge in [-0.3, -0.25) is 9.55 Å². The number of nitrogens with zero attached hydrogens (tertiary/aromatic N) is 5. The summed E-state index contributed by atoms with van der Waals surface area (Å²) in [6.45, 7) is 3.66. The second-order valence-electron chi connectivity index (χ2n) is 7.30. The second kappa shape index (κ2) is 11.0. The first-order chi connectivity index (χ1) is 15.7. The maximum atomic E-state index is 12.8. The van der Waals surface area contributed by atoms with Crippen molar-refractivity contribution < 1.29 is 22.6 Å². The van der Waals surface area contributed by atoms with Gasteiger partial charge in [0.25, 0.3) is 0 Å². The van der Waals surface area contributed by atoms with Crippen molar-refractivity contribution in [3.8, 4) is 5.75 Å². The van der Waals surface area contributed by atoms with Gasteiger partial charge in [-0.15, -0.1) is 10.2 Å². The van der Waals surface area contributed by atoms with E-state index >= 15 is 0 Å². The Morgan fingerprint density at radius 1 is 1.15 bits per heavy atom. The number of pyridine rings is 1. The molecule has 11 heteroatoms. The van der Waals surface area contributed by atoms with Crippen LogP contribution in [0.5, 0.6) is 5.75 Å². The lowest BCUT2D eigenvalue weighted by atomic mass is 10.2. The van der Waals surface area contributed by atoms with Crippen LogP contribution in [0.3, 0.4) is 0 Å². The molecule has 0 aliphatic heterocycles. The van der Waals surface area contributed by atoms with E-state index in [9.17, 15) is 13.2 Å². The highest BCUT2D eigenvalue weighted by molar-refractivity contribution is 9.10. The van der Waals surface area contributed by atoms with Crippen molar-refractivity contribution >= 4 is 21.9 Å². The smallest absolute Gasteiger partial charge is 0.417 e. The molecule has 1 aromatic carbocycles. The van der Waals surface area contributed by atoms with Crippen LogP contribution in [0.2, 0.25) is 0 Å². The highest BCUT2D eigenvalue weighted by Crippen LogP contribution is 2.29. The maximum Gasteiger partial charge on any atom is 0.417 e. The van der Waals surface area contributed by atoms with Crippen LogP contribution in [0, 0.1) is 0 Å². The molecule has 33 heavy (non-hydrogen) atoms. The third kappa shape index (κ3) is 6.44. The molecule has 0 amide bonds. The van der Waals surface area contributed by atoms with E-state index in [4.69, 9.17) is 9.47 Å². The summed E-state index contributed by atoms with van der Waals surface area (Å²) in [6.07, 6.45) is -3.14. The number of halogens is 4. The minimum Gasteiger partial charge on any atom is -0.497 e. The fourth-order valence-corrected chi connectivity index (χ4v) is 3.60. The molecule has 0 N–H and O–H groups in total. The van der Waals surface area contributed by atoms with Crippen LogP contribution in [0.4, 0.5) is 19.1 Å². The number of hydrogen-bond donors (Lipinski definition) is 0. The third-order valence-electron chi connectivity index (χ3n) is 4.99. The molecule has 0 spiro atoms. The summed E-state index contributed by atoms with van der Waals surface area (Å²) in [6, 6.07) is 8.17. The van der Waals surface area contributed by atoms with Gasteiger partial charge in [-0.05, 0) is 42.8 Å². The summed E-state index contributed by atoms with van der Waals surface area (Å²) in [7, 11) is 3.51. The Hall–Kier alpha value is -2.66. The van der Waals surface area contributed by atoms with Gasteiger partial charge in [0.1, 0.15) is 12.4 Å². The number of rotatable bonds is 10. The van der Waals surface area contributed by atoms with Crippen molar-refractivity contribution in [2.45, 2.75) is 39.2 Å². The molecule has 0 saturated carbocycles. The van der Waals surface area contributed by atoms with Crippen molar-refractivity contribution in [1.29, 1.82) is 0 Å². The summed E-state index contributed by atoms with van der Waals surface area (Å²) in [5.74, 6) is 2.00. The Kier molecular flexibility index (Phi) is 8.30. The molecule has 0 fully saturated rings. The molecule has 7 nitrogen and oxygen atoms in total. The lowest BCUT2D eigenvalue weighted by Gasteiger charge is -2.21. The Balaban J connectivity index is 1.80. The largest absolute Gasteiger partial charge is 0.497 e. The molecule has 3 aromatic rings. The van der Waals surface area contributed by atoms with Gasteiger partial charge in [0.2, 0.25) is 5.95 Å². The summed E-state index contributed by atoms with van der Waals surface area (Å²) in [5, 5.41) is 8.61. The average Bonchev–Trinajstić information content (AvgIpc) is 3.20. The first kappa shape index (κ1) is 25.0. The molecule has 3 rings (SSSR count). The summed E-state index contributed by atoms with van der Waals surface area (Å²) >= 11 is 3.57. The molecule has 0 atom stereocenters. The first-order valence-corrected chi connectivity index (χ1v) is 11.1. The number of anilines is 1. The zero-order chi connectivity index (χ0) is 24.0. The molecule has 0 unspecified atom stereocenters. The average molecular weight is 528 g/mol. The summed E-state index contributed by atoms with van der Waals surface area (Å²) < 4.78 is 52.1. The molecular formula is C22H25BrF3N5O2. The predicted molar refractivity (Wildman–Crippen MR) is 121 cm³/mol. The fraction of sp³-hybridized carbons (Fsp3) is 0.409. The van der Waals surface area contributed by atoms with Gasteiger partial charge in [0.15, 0.2) is 5.82 Å². The van der Waals surface area contributed by atoms with Crippen molar-refractivity contribution in [1.82, 2.24) is 19.7 Å². The third-order valence-corrected chi connectivity index (χ3v) is 5.76. The summed E-state index contributed by atoms with van der Waals surface area (Å²) in [5.41, 5.74) is 0.780. The molecule has 0 radical (unpaired) electrons. The molecule has 2 aromatic heterocycles. The monoisotopic (exact) mass is 527 g/mol. The highest BCUT2D eigenvalue weighted by atomic mass is 79.9. The van der Waals surface area contributed by atoms with Gasteiger partial charge in [0.05, 0.1) is 12.7 Å². The van der Waals surface area contributed by atoms with Crippen LogP contribution in [-0.2, 0) is 37.0 Å². The second-order valence-corrected chi connectivity index (χ2v) is 8.16. The van der Waals surface area contributed by atoms with Gasteiger partial charge in [-0.25, -0.2) is 0 Å². The number of methoxy groups -OCH3 is 1. The molecule has 178 valence electrons. The Morgan fingerprint density at radius 2 is 1.94 bits per heavy atom. The molecule has 2 heterocycles. The van der Waals surface area contributed by atoms with E-state index in [1.165, 1.54) is 6.07 Å². The van der Waals surface area contributed by atoms with E-state index in [0.717, 1.165) is 28.0 Å². The molecule has 0 bridgehead atoms. The van der Waals surface area contributed by atoms with Crippen LogP contribution in [0.1, 0.15) is 29.6 Å². The number of aromatic nitrogens is 4. The van der Waals surface area contributed by atoms with E-state index in [-0.39, 0.29) is 6.61 Å². The van der Waals surface area contributed by atoms with Crippen molar-refractivity contribution in [3.05, 3.63) is 63.6 Å². The number of hydrogen-bond acceptors (Lipinski definition) is 6. The van der Waals surface area contributed by atoms with Gasteiger partial charge < -0.3 is 14.4 Å². The van der Waals surface area contributed by atoms with Crippen LogP contribution < -0.4 is 9.64 Å². The zero-order valence-corrected chi connectivity index (χ0v) is 20.2. The fourth-order valence-electron chi connectivity index (χ4n) is 3.23. The minimum absolute atomic E-state index is 0.278. The van der Waals surface area contributed by atoms with Gasteiger partial charge >= 0.3 is 6.18 Å². The Labute approximate surface area is 198 Å². The van der Waals surface area contributed by atoms with E-state index in [0.29, 0.717) is 43.6 Å². The van der Waals surface area contributed by atoms with E-state index in [2.05, 4.69) is 31.1 Å². The van der Waals surface area contributed by atoms with Crippen molar-refractivity contribution in [2.75, 3.05) is 25.7 Å². The van der Waals surface area contributed by atoms with Crippen molar-refractivity contribution in [2.24, 2.45) is 0 Å². The van der Waals surface area contributed by atoms with Gasteiger partial charge in [-0.2, -0.15) is 13.2 Å². The number of aryl methyl sites for hydroxylation is 1. The minimum atomic E-state index is -4.41. The zero-order valence-electron chi connectivity index (χ0n) is 18.6. The van der Waals surface area contributed by atoms with E-state index in [1.54, 1.807) is 7.11 Å². The Morgan fingerprint density at radius 3 is 2.58 bits per heavy atom. The summed E-state index contributed by atoms with van der Waals surface area (Å²) in [4.78, 5) is 5.92. The molecule has 0 saturated heterocycles. The standard InChI is InChI=1S/C22H25BrF3N5O2/c1-4-33-14-20-28-29-21(30(2)13-15-11-18(32-3)7-8-19(15)23)31(20)10-9-17-6-5-16(12-27-17)22(24,25)26/h5-8,11-12H,4,9-10,13-14H2,1-3H3. The normalized spacial score (nSPS) is 11.6. The van der Waals surface area contributed by atoms with Crippen LogP contribution in [0.25, 0.3) is 0 Å². The highest BCUT2D eigenvalue weighted by Gasteiger charge is 2.30. The van der Waals surface area contributed by atoms with Crippen LogP contribution in [-0.4, -0.2) is 40.5 Å². The number of ether oxygens (including phenoxy) is 2. The van der Waals surface area contributed by atoms with Crippen LogP contribution in [0.15, 0.2) is 41.0 Å².